The molecule has 1 fully saturated rings. The SMILES string of the molecule is O=S(=O)(c1ccc(F)cc1)C1CCC(O)C1. The molecule has 0 aliphatic heterocycles. The standard InChI is InChI=1S/C11H13FO3S/c12-8-1-4-10(5-2-8)16(14,15)11-6-3-9(13)7-11/h1-2,4-5,9,11,13H,3,6-7H2. The zero-order valence-corrected chi connectivity index (χ0v) is 9.45. The molecule has 0 saturated heterocycles. The van der Waals surface area contributed by atoms with Crippen molar-refractivity contribution in [1.29, 1.82) is 0 Å². The van der Waals surface area contributed by atoms with E-state index in [2.05, 4.69) is 0 Å². The summed E-state index contributed by atoms with van der Waals surface area (Å²) in [4.78, 5) is 0.132. The molecule has 1 aromatic carbocycles. The van der Waals surface area contributed by atoms with Crippen LogP contribution in [0.15, 0.2) is 29.2 Å². The van der Waals surface area contributed by atoms with Crippen LogP contribution >= 0.6 is 0 Å². The molecular formula is C11H13FO3S. The molecule has 16 heavy (non-hydrogen) atoms. The van der Waals surface area contributed by atoms with Crippen LogP contribution in [0.4, 0.5) is 4.39 Å². The van der Waals surface area contributed by atoms with E-state index in [1.54, 1.807) is 0 Å². The Kier molecular flexibility index (Phi) is 2.99. The molecule has 1 aromatic rings. The zero-order valence-electron chi connectivity index (χ0n) is 8.64. The monoisotopic (exact) mass is 244 g/mol. The molecule has 5 heteroatoms. The number of hydrogen-bond acceptors (Lipinski definition) is 3. The van der Waals surface area contributed by atoms with Gasteiger partial charge < -0.3 is 5.11 Å². The topological polar surface area (TPSA) is 54.4 Å². The summed E-state index contributed by atoms with van der Waals surface area (Å²) in [5.74, 6) is -0.453. The predicted molar refractivity (Wildman–Crippen MR) is 57.2 cm³/mol. The molecule has 1 saturated carbocycles. The molecule has 2 unspecified atom stereocenters. The lowest BCUT2D eigenvalue weighted by Crippen LogP contribution is -2.19. The summed E-state index contributed by atoms with van der Waals surface area (Å²) in [6, 6.07) is 4.82. The minimum absolute atomic E-state index is 0.132. The molecular weight excluding hydrogens is 231 g/mol. The van der Waals surface area contributed by atoms with Gasteiger partial charge in [0.1, 0.15) is 5.82 Å². The van der Waals surface area contributed by atoms with Crippen LogP contribution in [0.2, 0.25) is 0 Å². The highest BCUT2D eigenvalue weighted by molar-refractivity contribution is 7.92. The first-order valence-corrected chi connectivity index (χ1v) is 6.72. The van der Waals surface area contributed by atoms with E-state index < -0.39 is 27.0 Å². The molecule has 0 aromatic heterocycles. The first kappa shape index (κ1) is 11.5. The molecule has 1 aliphatic carbocycles. The van der Waals surface area contributed by atoms with Crippen molar-refractivity contribution >= 4 is 9.84 Å². The van der Waals surface area contributed by atoms with E-state index in [1.807, 2.05) is 0 Å². The molecule has 1 N–H and O–H groups in total. The third-order valence-electron chi connectivity index (χ3n) is 2.94. The Hall–Kier alpha value is -0.940. The van der Waals surface area contributed by atoms with Gasteiger partial charge in [-0.15, -0.1) is 0 Å². The minimum Gasteiger partial charge on any atom is -0.393 e. The van der Waals surface area contributed by atoms with E-state index in [0.29, 0.717) is 12.8 Å². The van der Waals surface area contributed by atoms with Gasteiger partial charge in [0.05, 0.1) is 16.2 Å². The molecule has 0 amide bonds. The van der Waals surface area contributed by atoms with Crippen molar-refractivity contribution in [1.82, 2.24) is 0 Å². The number of sulfone groups is 1. The van der Waals surface area contributed by atoms with Gasteiger partial charge in [-0.1, -0.05) is 0 Å². The molecule has 0 bridgehead atoms. The second-order valence-corrected chi connectivity index (χ2v) is 6.32. The fraction of sp³-hybridized carbons (Fsp3) is 0.455. The highest BCUT2D eigenvalue weighted by atomic mass is 32.2. The normalized spacial score (nSPS) is 25.9. The van der Waals surface area contributed by atoms with E-state index in [-0.39, 0.29) is 11.3 Å². The quantitative estimate of drug-likeness (QED) is 0.802. The van der Waals surface area contributed by atoms with Crippen molar-refractivity contribution in [3.8, 4) is 0 Å². The number of hydrogen-bond donors (Lipinski definition) is 1. The predicted octanol–water partition coefficient (Wildman–Crippen LogP) is 1.51. The van der Waals surface area contributed by atoms with Crippen molar-refractivity contribution in [3.05, 3.63) is 30.1 Å². The van der Waals surface area contributed by atoms with Gasteiger partial charge in [0.15, 0.2) is 9.84 Å². The highest BCUT2D eigenvalue weighted by Gasteiger charge is 2.34. The lowest BCUT2D eigenvalue weighted by molar-refractivity contribution is 0.183. The Balaban J connectivity index is 2.29. The fourth-order valence-corrected chi connectivity index (χ4v) is 3.84. The van der Waals surface area contributed by atoms with Crippen LogP contribution in [0.1, 0.15) is 19.3 Å². The van der Waals surface area contributed by atoms with Gasteiger partial charge in [-0.2, -0.15) is 0 Å². The zero-order chi connectivity index (χ0) is 11.8. The van der Waals surface area contributed by atoms with E-state index in [0.717, 1.165) is 12.1 Å². The van der Waals surface area contributed by atoms with Crippen molar-refractivity contribution in [3.63, 3.8) is 0 Å². The van der Waals surface area contributed by atoms with Gasteiger partial charge in [-0.25, -0.2) is 12.8 Å². The molecule has 1 aliphatic rings. The summed E-state index contributed by atoms with van der Waals surface area (Å²) in [6.45, 7) is 0. The van der Waals surface area contributed by atoms with Gasteiger partial charge in [0.2, 0.25) is 0 Å². The highest BCUT2D eigenvalue weighted by Crippen LogP contribution is 2.29. The molecule has 88 valence electrons. The summed E-state index contributed by atoms with van der Waals surface area (Å²) >= 11 is 0. The van der Waals surface area contributed by atoms with Crippen LogP contribution in [0.5, 0.6) is 0 Å². The van der Waals surface area contributed by atoms with Crippen LogP contribution in [-0.2, 0) is 9.84 Å². The molecule has 2 rings (SSSR count). The Morgan fingerprint density at radius 2 is 1.81 bits per heavy atom. The summed E-state index contributed by atoms with van der Waals surface area (Å²) in [6.07, 6.45) is 0.742. The van der Waals surface area contributed by atoms with Crippen molar-refractivity contribution in [2.75, 3.05) is 0 Å². The van der Waals surface area contributed by atoms with E-state index in [9.17, 15) is 17.9 Å². The molecule has 0 radical (unpaired) electrons. The maximum absolute atomic E-state index is 12.7. The summed E-state index contributed by atoms with van der Waals surface area (Å²) in [5.41, 5.74) is 0. The van der Waals surface area contributed by atoms with E-state index in [1.165, 1.54) is 12.1 Å². The second-order valence-electron chi connectivity index (χ2n) is 4.09. The van der Waals surface area contributed by atoms with Crippen LogP contribution in [0.3, 0.4) is 0 Å². The largest absolute Gasteiger partial charge is 0.393 e. The lowest BCUT2D eigenvalue weighted by atomic mass is 10.3. The minimum atomic E-state index is -3.42. The average Bonchev–Trinajstić information content (AvgIpc) is 2.66. The number of halogens is 1. The van der Waals surface area contributed by atoms with Crippen LogP contribution in [0, 0.1) is 5.82 Å². The van der Waals surface area contributed by atoms with Crippen molar-refractivity contribution in [2.24, 2.45) is 0 Å². The number of rotatable bonds is 2. The third kappa shape index (κ3) is 2.10. The van der Waals surface area contributed by atoms with Crippen molar-refractivity contribution in [2.45, 2.75) is 35.5 Å². The molecule has 3 nitrogen and oxygen atoms in total. The molecule has 0 spiro atoms. The number of aliphatic hydroxyl groups excluding tert-OH is 1. The van der Waals surface area contributed by atoms with Gasteiger partial charge >= 0.3 is 0 Å². The first-order valence-electron chi connectivity index (χ1n) is 5.17. The van der Waals surface area contributed by atoms with E-state index in [4.69, 9.17) is 0 Å². The van der Waals surface area contributed by atoms with Crippen LogP contribution in [-0.4, -0.2) is 24.9 Å². The Bertz CT molecular complexity index is 467. The summed E-state index contributed by atoms with van der Waals surface area (Å²) in [5, 5.41) is 8.80. The Morgan fingerprint density at radius 1 is 1.19 bits per heavy atom. The average molecular weight is 244 g/mol. The van der Waals surface area contributed by atoms with Crippen LogP contribution < -0.4 is 0 Å². The number of aliphatic hydroxyl groups is 1. The maximum Gasteiger partial charge on any atom is 0.181 e. The molecule has 0 heterocycles. The van der Waals surface area contributed by atoms with Gasteiger partial charge in [-0.3, -0.25) is 0 Å². The van der Waals surface area contributed by atoms with Crippen LogP contribution in [0.25, 0.3) is 0 Å². The summed E-state index contributed by atoms with van der Waals surface area (Å²) < 4.78 is 36.8. The third-order valence-corrected chi connectivity index (χ3v) is 5.17. The van der Waals surface area contributed by atoms with Gasteiger partial charge in [0.25, 0.3) is 0 Å². The van der Waals surface area contributed by atoms with Crippen molar-refractivity contribution < 1.29 is 17.9 Å². The Labute approximate surface area is 93.8 Å². The fourth-order valence-electron chi connectivity index (χ4n) is 2.02. The number of benzene rings is 1. The Morgan fingerprint density at radius 3 is 2.31 bits per heavy atom. The van der Waals surface area contributed by atoms with Gasteiger partial charge in [0, 0.05) is 0 Å². The lowest BCUT2D eigenvalue weighted by Gasteiger charge is -2.10. The first-order chi connectivity index (χ1) is 7.50. The van der Waals surface area contributed by atoms with Gasteiger partial charge in [-0.05, 0) is 43.5 Å². The molecule has 2 atom stereocenters. The smallest absolute Gasteiger partial charge is 0.181 e. The maximum atomic E-state index is 12.7. The second kappa shape index (κ2) is 4.14. The summed E-state index contributed by atoms with van der Waals surface area (Å²) in [7, 11) is -3.42. The van der Waals surface area contributed by atoms with E-state index >= 15 is 0 Å².